The SMILES string of the molecule is Cc1cc(-c2ccc(Cl)c([N+](=O)[O-])c2)no1. The minimum absolute atomic E-state index is 0.106. The molecule has 0 bridgehead atoms. The summed E-state index contributed by atoms with van der Waals surface area (Å²) in [6.45, 7) is 1.75. The molecule has 1 aromatic carbocycles. The monoisotopic (exact) mass is 238 g/mol. The van der Waals surface area contributed by atoms with Gasteiger partial charge in [-0.1, -0.05) is 22.8 Å². The predicted molar refractivity (Wildman–Crippen MR) is 58.3 cm³/mol. The van der Waals surface area contributed by atoms with E-state index in [1.807, 2.05) is 0 Å². The van der Waals surface area contributed by atoms with E-state index in [2.05, 4.69) is 5.16 Å². The van der Waals surface area contributed by atoms with Gasteiger partial charge in [-0.15, -0.1) is 0 Å². The van der Waals surface area contributed by atoms with Crippen LogP contribution in [0.25, 0.3) is 11.3 Å². The van der Waals surface area contributed by atoms with Crippen LogP contribution in [0, 0.1) is 17.0 Å². The highest BCUT2D eigenvalue weighted by molar-refractivity contribution is 6.32. The van der Waals surface area contributed by atoms with Gasteiger partial charge in [-0.25, -0.2) is 0 Å². The van der Waals surface area contributed by atoms with Gasteiger partial charge < -0.3 is 4.52 Å². The molecular weight excluding hydrogens is 232 g/mol. The minimum Gasteiger partial charge on any atom is -0.361 e. The highest BCUT2D eigenvalue weighted by Crippen LogP contribution is 2.29. The van der Waals surface area contributed by atoms with E-state index in [1.165, 1.54) is 12.1 Å². The topological polar surface area (TPSA) is 69.2 Å². The molecule has 0 N–H and O–H groups in total. The van der Waals surface area contributed by atoms with E-state index in [1.54, 1.807) is 19.1 Å². The molecule has 0 aliphatic carbocycles. The lowest BCUT2D eigenvalue weighted by molar-refractivity contribution is -0.384. The van der Waals surface area contributed by atoms with Crippen molar-refractivity contribution in [2.24, 2.45) is 0 Å². The molecule has 82 valence electrons. The molecule has 2 aromatic rings. The van der Waals surface area contributed by atoms with Crippen molar-refractivity contribution in [3.05, 3.63) is 45.2 Å². The van der Waals surface area contributed by atoms with Gasteiger partial charge in [0.05, 0.1) is 4.92 Å². The highest BCUT2D eigenvalue weighted by Gasteiger charge is 2.14. The lowest BCUT2D eigenvalue weighted by atomic mass is 10.1. The fourth-order valence-corrected chi connectivity index (χ4v) is 1.50. The zero-order chi connectivity index (χ0) is 11.7. The summed E-state index contributed by atoms with van der Waals surface area (Å²) in [6.07, 6.45) is 0. The number of benzene rings is 1. The second kappa shape index (κ2) is 3.94. The maximum Gasteiger partial charge on any atom is 0.288 e. The molecule has 0 radical (unpaired) electrons. The van der Waals surface area contributed by atoms with E-state index in [4.69, 9.17) is 16.1 Å². The number of halogens is 1. The second-order valence-electron chi connectivity index (χ2n) is 3.25. The van der Waals surface area contributed by atoms with Gasteiger partial charge in [0.1, 0.15) is 16.5 Å². The van der Waals surface area contributed by atoms with Gasteiger partial charge in [-0.3, -0.25) is 10.1 Å². The van der Waals surface area contributed by atoms with Crippen LogP contribution < -0.4 is 0 Å². The lowest BCUT2D eigenvalue weighted by Crippen LogP contribution is -1.89. The van der Waals surface area contributed by atoms with Crippen LogP contribution in [0.2, 0.25) is 5.02 Å². The van der Waals surface area contributed by atoms with E-state index in [-0.39, 0.29) is 10.7 Å². The molecule has 1 aromatic heterocycles. The lowest BCUT2D eigenvalue weighted by Gasteiger charge is -1.97. The van der Waals surface area contributed by atoms with Crippen molar-refractivity contribution in [3.63, 3.8) is 0 Å². The molecule has 16 heavy (non-hydrogen) atoms. The number of rotatable bonds is 2. The van der Waals surface area contributed by atoms with E-state index in [0.29, 0.717) is 17.0 Å². The summed E-state index contributed by atoms with van der Waals surface area (Å²) in [5, 5.41) is 14.6. The van der Waals surface area contributed by atoms with Gasteiger partial charge >= 0.3 is 0 Å². The molecule has 6 heteroatoms. The third kappa shape index (κ3) is 1.90. The second-order valence-corrected chi connectivity index (χ2v) is 3.65. The van der Waals surface area contributed by atoms with Crippen LogP contribution in [-0.4, -0.2) is 10.1 Å². The van der Waals surface area contributed by atoms with Crippen molar-refractivity contribution in [3.8, 4) is 11.3 Å². The van der Waals surface area contributed by atoms with Crippen molar-refractivity contribution in [2.75, 3.05) is 0 Å². The summed E-state index contributed by atoms with van der Waals surface area (Å²) >= 11 is 5.70. The standard InChI is InChI=1S/C10H7ClN2O3/c1-6-4-9(12-16-6)7-2-3-8(11)10(5-7)13(14)15/h2-5H,1H3. The van der Waals surface area contributed by atoms with Crippen LogP contribution in [0.4, 0.5) is 5.69 Å². The van der Waals surface area contributed by atoms with Crippen molar-refractivity contribution >= 4 is 17.3 Å². The van der Waals surface area contributed by atoms with E-state index in [0.717, 1.165) is 0 Å². The van der Waals surface area contributed by atoms with Gasteiger partial charge in [0.2, 0.25) is 0 Å². The number of nitro benzene ring substituents is 1. The zero-order valence-electron chi connectivity index (χ0n) is 8.31. The Balaban J connectivity index is 2.51. The quantitative estimate of drug-likeness (QED) is 0.595. The van der Waals surface area contributed by atoms with Crippen LogP contribution in [0.3, 0.4) is 0 Å². The number of aryl methyl sites for hydroxylation is 1. The molecule has 0 aliphatic rings. The molecular formula is C10H7ClN2O3. The minimum atomic E-state index is -0.529. The van der Waals surface area contributed by atoms with Gasteiger partial charge in [0, 0.05) is 17.7 Å². The van der Waals surface area contributed by atoms with Crippen molar-refractivity contribution in [1.29, 1.82) is 0 Å². The predicted octanol–water partition coefficient (Wildman–Crippen LogP) is 3.21. The van der Waals surface area contributed by atoms with Gasteiger partial charge in [0.25, 0.3) is 5.69 Å². The Morgan fingerprint density at radius 2 is 2.19 bits per heavy atom. The summed E-state index contributed by atoms with van der Waals surface area (Å²) in [6, 6.07) is 6.21. The fourth-order valence-electron chi connectivity index (χ4n) is 1.31. The molecule has 0 amide bonds. The zero-order valence-corrected chi connectivity index (χ0v) is 9.06. The molecule has 0 saturated carbocycles. The number of nitro groups is 1. The Morgan fingerprint density at radius 1 is 1.44 bits per heavy atom. The third-order valence-electron chi connectivity index (χ3n) is 2.07. The average Bonchev–Trinajstić information content (AvgIpc) is 2.65. The van der Waals surface area contributed by atoms with Crippen molar-refractivity contribution < 1.29 is 9.45 Å². The van der Waals surface area contributed by atoms with Gasteiger partial charge in [-0.05, 0) is 13.0 Å². The number of aromatic nitrogens is 1. The first-order chi connectivity index (χ1) is 7.58. The molecule has 0 atom stereocenters. The smallest absolute Gasteiger partial charge is 0.288 e. The van der Waals surface area contributed by atoms with Crippen molar-refractivity contribution in [2.45, 2.75) is 6.92 Å². The maximum atomic E-state index is 10.7. The van der Waals surface area contributed by atoms with Crippen LogP contribution in [-0.2, 0) is 0 Å². The summed E-state index contributed by atoms with van der Waals surface area (Å²) in [7, 11) is 0. The summed E-state index contributed by atoms with van der Waals surface area (Å²) < 4.78 is 4.90. The molecule has 0 spiro atoms. The average molecular weight is 239 g/mol. The number of hydrogen-bond acceptors (Lipinski definition) is 4. The summed E-state index contributed by atoms with van der Waals surface area (Å²) in [4.78, 5) is 10.2. The molecule has 1 heterocycles. The van der Waals surface area contributed by atoms with Crippen LogP contribution >= 0.6 is 11.6 Å². The highest BCUT2D eigenvalue weighted by atomic mass is 35.5. The first-order valence-corrected chi connectivity index (χ1v) is 4.83. The Bertz CT molecular complexity index is 551. The summed E-state index contributed by atoms with van der Waals surface area (Å²) in [5.41, 5.74) is 1.02. The fraction of sp³-hybridized carbons (Fsp3) is 0.100. The van der Waals surface area contributed by atoms with E-state index in [9.17, 15) is 10.1 Å². The van der Waals surface area contributed by atoms with Crippen LogP contribution in [0.15, 0.2) is 28.8 Å². The maximum absolute atomic E-state index is 10.7. The number of nitrogens with zero attached hydrogens (tertiary/aromatic N) is 2. The normalized spacial score (nSPS) is 10.4. The Hall–Kier alpha value is -1.88. The van der Waals surface area contributed by atoms with Crippen LogP contribution in [0.5, 0.6) is 0 Å². The Labute approximate surface area is 95.8 Å². The first-order valence-electron chi connectivity index (χ1n) is 4.45. The molecule has 0 unspecified atom stereocenters. The largest absolute Gasteiger partial charge is 0.361 e. The Kier molecular flexibility index (Phi) is 2.62. The molecule has 2 rings (SSSR count). The molecule has 5 nitrogen and oxygen atoms in total. The third-order valence-corrected chi connectivity index (χ3v) is 2.39. The molecule has 0 saturated heterocycles. The molecule has 0 aliphatic heterocycles. The van der Waals surface area contributed by atoms with E-state index < -0.39 is 4.92 Å². The number of hydrogen-bond donors (Lipinski definition) is 0. The van der Waals surface area contributed by atoms with Gasteiger partial charge in [-0.2, -0.15) is 0 Å². The first kappa shape index (κ1) is 10.6. The van der Waals surface area contributed by atoms with E-state index >= 15 is 0 Å². The van der Waals surface area contributed by atoms with Crippen molar-refractivity contribution in [1.82, 2.24) is 5.16 Å². The van der Waals surface area contributed by atoms with Crippen LogP contribution in [0.1, 0.15) is 5.76 Å². The van der Waals surface area contributed by atoms with Gasteiger partial charge in [0.15, 0.2) is 0 Å². The Morgan fingerprint density at radius 3 is 2.75 bits per heavy atom. The summed E-state index contributed by atoms with van der Waals surface area (Å²) in [5.74, 6) is 0.646. The molecule has 0 fully saturated rings.